The fourth-order valence-corrected chi connectivity index (χ4v) is 8.74. The van der Waals surface area contributed by atoms with Gasteiger partial charge in [-0.3, -0.25) is 4.79 Å². The molecule has 2 rings (SSSR count). The minimum absolute atomic E-state index is 0.0269. The summed E-state index contributed by atoms with van der Waals surface area (Å²) in [5.74, 6) is -0.533. The zero-order valence-corrected chi connectivity index (χ0v) is 25.0. The molecule has 0 bridgehead atoms. The fraction of sp³-hybridized carbons (Fsp3) is 0.667. The van der Waals surface area contributed by atoms with Gasteiger partial charge in [-0.05, 0) is 38.2 Å². The summed E-state index contributed by atoms with van der Waals surface area (Å²) in [5, 5.41) is 0. The third-order valence-corrected chi connectivity index (χ3v) is 10.5. The van der Waals surface area contributed by atoms with Gasteiger partial charge in [0, 0.05) is 37.4 Å². The molecule has 1 fully saturated rings. The van der Waals surface area contributed by atoms with E-state index in [1.54, 1.807) is 13.2 Å². The summed E-state index contributed by atoms with van der Waals surface area (Å²) in [5.41, 5.74) is 3.26. The van der Waals surface area contributed by atoms with Gasteiger partial charge in [0.25, 0.3) is 0 Å². The molecule has 0 spiro atoms. The van der Waals surface area contributed by atoms with E-state index in [2.05, 4.69) is 37.9 Å². The van der Waals surface area contributed by atoms with Crippen molar-refractivity contribution < 1.29 is 23.8 Å². The van der Waals surface area contributed by atoms with Crippen LogP contribution in [0.15, 0.2) is 42.0 Å². The first-order valence-corrected chi connectivity index (χ1v) is 16.9. The summed E-state index contributed by atoms with van der Waals surface area (Å²) < 4.78 is 18.2. The zero-order valence-electron chi connectivity index (χ0n) is 23.3. The maximum absolute atomic E-state index is 12.7. The Kier molecular flexibility index (Phi) is 15.7. The van der Waals surface area contributed by atoms with E-state index in [4.69, 9.17) is 14.2 Å². The van der Waals surface area contributed by atoms with E-state index in [1.807, 2.05) is 13.0 Å². The minimum atomic E-state index is -0.870. The third-order valence-electron chi connectivity index (χ3n) is 7.10. The number of thioether (sulfide) groups is 1. The van der Waals surface area contributed by atoms with Gasteiger partial charge in [-0.15, -0.1) is 0 Å². The van der Waals surface area contributed by atoms with Crippen LogP contribution in [0.3, 0.4) is 0 Å². The molecule has 1 aliphatic heterocycles. The van der Waals surface area contributed by atoms with Crippen molar-refractivity contribution in [2.45, 2.75) is 102 Å². The lowest BCUT2D eigenvalue weighted by Gasteiger charge is -2.46. The number of ether oxygens (including phenoxy) is 3. The van der Waals surface area contributed by atoms with Crippen molar-refractivity contribution in [2.24, 2.45) is 0 Å². The van der Waals surface area contributed by atoms with Crippen molar-refractivity contribution in [3.8, 4) is 0 Å². The van der Waals surface area contributed by atoms with Crippen molar-refractivity contribution in [3.63, 3.8) is 0 Å². The fourth-order valence-electron chi connectivity index (χ4n) is 4.99. The van der Waals surface area contributed by atoms with Gasteiger partial charge in [0.1, 0.15) is 6.10 Å². The lowest BCUT2D eigenvalue weighted by atomic mass is 9.99. The number of rotatable bonds is 18. The summed E-state index contributed by atoms with van der Waals surface area (Å²) in [6.45, 7) is 6.96. The molecule has 0 N–H and O–H groups in total. The number of unbranched alkanes of at least 4 members (excludes halogenated alkanes) is 6. The second-order valence-corrected chi connectivity index (χ2v) is 13.4. The number of allylic oxidation sites excluding steroid dienone is 1. The summed E-state index contributed by atoms with van der Waals surface area (Å²) >= 11 is 1.26. The number of esters is 1. The van der Waals surface area contributed by atoms with Gasteiger partial charge in [0.2, 0.25) is 0 Å². The van der Waals surface area contributed by atoms with Crippen molar-refractivity contribution in [1.29, 1.82) is 0 Å². The molecule has 1 aliphatic rings. The number of hydrogen-bond acceptors (Lipinski definition) is 6. The van der Waals surface area contributed by atoms with Crippen molar-refractivity contribution in [3.05, 3.63) is 47.5 Å². The van der Waals surface area contributed by atoms with Crippen molar-refractivity contribution >= 4 is 31.3 Å². The Hall–Kier alpha value is -1.20. The average molecular weight is 551 g/mol. The molecule has 1 aromatic rings. The molecule has 37 heavy (non-hydrogen) atoms. The second-order valence-electron chi connectivity index (χ2n) is 10.1. The highest BCUT2D eigenvalue weighted by Crippen LogP contribution is 2.51. The smallest absolute Gasteiger partial charge is 0.330 e. The third kappa shape index (κ3) is 11.6. The molecule has 4 unspecified atom stereocenters. The molecular formula is C30H47O5PS. The number of carbonyl (C=O) groups is 2. The number of carbonyl (C=O) groups excluding carboxylic acids is 2. The van der Waals surface area contributed by atoms with Gasteiger partial charge >= 0.3 is 5.97 Å². The zero-order chi connectivity index (χ0) is 26.9. The molecule has 0 saturated carbocycles. The quantitative estimate of drug-likeness (QED) is 0.0612. The van der Waals surface area contributed by atoms with Crippen LogP contribution >= 0.6 is 19.7 Å². The van der Waals surface area contributed by atoms with Gasteiger partial charge in [-0.2, -0.15) is 0 Å². The van der Waals surface area contributed by atoms with Gasteiger partial charge < -0.3 is 14.2 Å². The van der Waals surface area contributed by atoms with Crippen LogP contribution in [-0.4, -0.2) is 55.3 Å². The molecule has 7 heteroatoms. The largest absolute Gasteiger partial charge is 0.459 e. The van der Waals surface area contributed by atoms with Crippen molar-refractivity contribution in [1.82, 2.24) is 0 Å². The van der Waals surface area contributed by atoms with Crippen LogP contribution in [0.25, 0.3) is 0 Å². The predicted molar refractivity (Wildman–Crippen MR) is 157 cm³/mol. The molecule has 1 saturated heterocycles. The molecule has 0 aromatic heterocycles. The topological polar surface area (TPSA) is 61.8 Å². The van der Waals surface area contributed by atoms with Crippen molar-refractivity contribution in [2.75, 3.05) is 26.1 Å². The normalized spacial score (nSPS) is 21.8. The van der Waals surface area contributed by atoms with E-state index < -0.39 is 13.7 Å². The Morgan fingerprint density at radius 3 is 2.57 bits per heavy atom. The van der Waals surface area contributed by atoms with E-state index in [-0.39, 0.29) is 17.7 Å². The minimum Gasteiger partial charge on any atom is -0.459 e. The molecule has 5 nitrogen and oxygen atoms in total. The van der Waals surface area contributed by atoms with E-state index in [1.165, 1.54) is 55.9 Å². The number of benzene rings is 1. The van der Waals surface area contributed by atoms with Crippen LogP contribution in [0.4, 0.5) is 0 Å². The molecule has 4 atom stereocenters. The highest BCUT2D eigenvalue weighted by molar-refractivity contribution is 8.12. The Bertz CT molecular complexity index is 817. The van der Waals surface area contributed by atoms with Crippen LogP contribution in [0.1, 0.15) is 83.6 Å². The Labute approximate surface area is 230 Å². The average Bonchev–Trinajstić information content (AvgIpc) is 2.89. The molecule has 0 amide bonds. The summed E-state index contributed by atoms with van der Waals surface area (Å²) in [6.07, 6.45) is 13.2. The Morgan fingerprint density at radius 2 is 1.89 bits per heavy atom. The molecule has 0 aliphatic carbocycles. The Balaban J connectivity index is 1.95. The standard InChI is InChI=1S/C30H47O5PS/c1-5-6-7-8-9-10-12-15-25(2)20-29(32)35-27-18-19-34-30(21-27,33-3)28(23-37-24-31)36(4)22-26-16-13-11-14-17-26/h11,13-14,16-17,20,24,27-28H,5-10,12,15,18-19,21-23H2,1-4H3/b25-20-. The highest BCUT2D eigenvalue weighted by Gasteiger charge is 2.47. The first-order valence-electron chi connectivity index (χ1n) is 13.8. The second kappa shape index (κ2) is 18.2. The van der Waals surface area contributed by atoms with E-state index >= 15 is 0 Å². The lowest BCUT2D eigenvalue weighted by Crippen LogP contribution is -2.53. The molecule has 1 aromatic carbocycles. The van der Waals surface area contributed by atoms with Gasteiger partial charge in [-0.1, -0.05) is 101 Å². The monoisotopic (exact) mass is 550 g/mol. The maximum Gasteiger partial charge on any atom is 0.330 e. The van der Waals surface area contributed by atoms with Crippen LogP contribution < -0.4 is 0 Å². The van der Waals surface area contributed by atoms with Crippen LogP contribution in [-0.2, 0) is 30.0 Å². The van der Waals surface area contributed by atoms with Crippen LogP contribution in [0, 0.1) is 0 Å². The Morgan fingerprint density at radius 1 is 1.19 bits per heavy atom. The molecule has 1 heterocycles. The van der Waals surface area contributed by atoms with Crippen LogP contribution in [0.5, 0.6) is 0 Å². The van der Waals surface area contributed by atoms with E-state index in [0.717, 1.165) is 30.2 Å². The SMILES string of the molecule is CCCCCCCCC/C(C)=C\C(=O)OC1CCOC(OC)(C(CSC=O)P(C)Cc2ccccc2)C1. The lowest BCUT2D eigenvalue weighted by molar-refractivity contribution is -0.259. The van der Waals surface area contributed by atoms with E-state index in [0.29, 0.717) is 25.2 Å². The van der Waals surface area contributed by atoms with Gasteiger partial charge in [0.15, 0.2) is 11.4 Å². The molecule has 208 valence electrons. The summed E-state index contributed by atoms with van der Waals surface area (Å²) in [4.78, 5) is 24.0. The van der Waals surface area contributed by atoms with E-state index in [9.17, 15) is 9.59 Å². The highest BCUT2D eigenvalue weighted by atomic mass is 32.2. The predicted octanol–water partition coefficient (Wildman–Crippen LogP) is 7.74. The number of methoxy groups -OCH3 is 1. The first kappa shape index (κ1) is 32.0. The van der Waals surface area contributed by atoms with Gasteiger partial charge in [-0.25, -0.2) is 4.79 Å². The van der Waals surface area contributed by atoms with Gasteiger partial charge in [0.05, 0.1) is 6.61 Å². The summed E-state index contributed by atoms with van der Waals surface area (Å²) in [6, 6.07) is 10.4. The summed E-state index contributed by atoms with van der Waals surface area (Å²) in [7, 11) is 1.11. The number of hydrogen-bond donors (Lipinski definition) is 0. The maximum atomic E-state index is 12.7. The molecular weight excluding hydrogens is 503 g/mol. The van der Waals surface area contributed by atoms with Crippen LogP contribution in [0.2, 0.25) is 0 Å². The first-order chi connectivity index (χ1) is 17.9. The molecule has 0 radical (unpaired) electrons.